The molecule has 1 N–H and O–H groups in total. The summed E-state index contributed by atoms with van der Waals surface area (Å²) in [4.78, 5) is 45.7. The SMILES string of the molecule is COC(=O)Oc1ccc2c(c1)NC(=O)C2C(=Nc1ccc(C(=O)N(C)CCN(C)C)o1)c1ccccc1. The van der Waals surface area contributed by atoms with Gasteiger partial charge in [-0.1, -0.05) is 36.4 Å². The minimum Gasteiger partial charge on any atom is -0.437 e. The molecule has 4 rings (SSSR count). The number of methoxy groups -OCH3 is 1. The third kappa shape index (κ3) is 5.87. The van der Waals surface area contributed by atoms with Crippen LogP contribution < -0.4 is 10.1 Å². The summed E-state index contributed by atoms with van der Waals surface area (Å²) in [6, 6.07) is 17.3. The molecule has 2 heterocycles. The largest absolute Gasteiger partial charge is 0.513 e. The molecule has 0 spiro atoms. The third-order valence-electron chi connectivity index (χ3n) is 5.83. The zero-order valence-corrected chi connectivity index (χ0v) is 21.1. The molecule has 0 fully saturated rings. The molecule has 1 atom stereocenters. The highest BCUT2D eigenvalue weighted by Crippen LogP contribution is 2.38. The lowest BCUT2D eigenvalue weighted by molar-refractivity contribution is -0.115. The number of fused-ring (bicyclic) bond motifs is 1. The van der Waals surface area contributed by atoms with E-state index in [1.165, 1.54) is 7.11 Å². The maximum atomic E-state index is 13.1. The van der Waals surface area contributed by atoms with Crippen molar-refractivity contribution in [2.45, 2.75) is 5.92 Å². The number of likely N-dealkylation sites (N-methyl/N-ethyl adjacent to an activating group) is 2. The van der Waals surface area contributed by atoms with Gasteiger partial charge >= 0.3 is 6.16 Å². The lowest BCUT2D eigenvalue weighted by Gasteiger charge is -2.18. The van der Waals surface area contributed by atoms with Crippen LogP contribution in [0.3, 0.4) is 0 Å². The van der Waals surface area contributed by atoms with Crippen LogP contribution in [0.2, 0.25) is 0 Å². The van der Waals surface area contributed by atoms with Crippen molar-refractivity contribution in [2.75, 3.05) is 46.7 Å². The summed E-state index contributed by atoms with van der Waals surface area (Å²) in [6.07, 6.45) is -0.858. The van der Waals surface area contributed by atoms with E-state index in [9.17, 15) is 14.4 Å². The summed E-state index contributed by atoms with van der Waals surface area (Å²) in [6.45, 7) is 1.26. The molecule has 0 radical (unpaired) electrons. The fourth-order valence-electron chi connectivity index (χ4n) is 3.88. The molecule has 10 nitrogen and oxygen atoms in total. The van der Waals surface area contributed by atoms with E-state index in [-0.39, 0.29) is 29.2 Å². The number of ether oxygens (including phenoxy) is 2. The Bertz CT molecular complexity index is 1330. The van der Waals surface area contributed by atoms with Crippen molar-refractivity contribution in [3.05, 3.63) is 77.6 Å². The van der Waals surface area contributed by atoms with Gasteiger partial charge in [0.25, 0.3) is 5.91 Å². The maximum Gasteiger partial charge on any atom is 0.513 e. The lowest BCUT2D eigenvalue weighted by atomic mass is 9.90. The number of carbonyl (C=O) groups excluding carboxylic acids is 3. The molecule has 0 saturated carbocycles. The molecule has 2 amide bonds. The van der Waals surface area contributed by atoms with Crippen LogP contribution in [0.25, 0.3) is 0 Å². The Morgan fingerprint density at radius 2 is 1.78 bits per heavy atom. The van der Waals surface area contributed by atoms with Crippen LogP contribution in [0, 0.1) is 0 Å². The number of aliphatic imine (C=N–C) groups is 1. The molecule has 1 aromatic heterocycles. The highest BCUT2D eigenvalue weighted by molar-refractivity contribution is 6.24. The van der Waals surface area contributed by atoms with Crippen molar-refractivity contribution in [1.82, 2.24) is 9.80 Å². The summed E-state index contributed by atoms with van der Waals surface area (Å²) in [7, 11) is 6.80. The van der Waals surface area contributed by atoms with Gasteiger partial charge in [0.05, 0.1) is 12.8 Å². The standard InChI is InChI=1S/C27H28N4O6/c1-30(2)14-15-31(3)26(33)21-12-13-22(37-21)29-24(17-8-6-5-7-9-17)23-19-11-10-18(36-27(34)35-4)16-20(19)28-25(23)32/h5-13,16,23H,14-15H2,1-4H3,(H,28,32). The van der Waals surface area contributed by atoms with Crippen LogP contribution in [0.1, 0.15) is 27.6 Å². The highest BCUT2D eigenvalue weighted by atomic mass is 16.7. The molecule has 1 aliphatic heterocycles. The maximum absolute atomic E-state index is 13.1. The summed E-state index contributed by atoms with van der Waals surface area (Å²) in [5, 5.41) is 2.83. The molecule has 1 unspecified atom stereocenters. The molecule has 0 saturated heterocycles. The van der Waals surface area contributed by atoms with E-state index in [1.807, 2.05) is 49.3 Å². The summed E-state index contributed by atoms with van der Waals surface area (Å²) >= 11 is 0. The predicted octanol–water partition coefficient (Wildman–Crippen LogP) is 3.92. The number of nitrogens with zero attached hydrogens (tertiary/aromatic N) is 3. The monoisotopic (exact) mass is 504 g/mol. The van der Waals surface area contributed by atoms with Gasteiger partial charge in [0.15, 0.2) is 5.76 Å². The Balaban J connectivity index is 1.67. The Kier molecular flexibility index (Phi) is 7.69. The van der Waals surface area contributed by atoms with Crippen molar-refractivity contribution >= 4 is 35.3 Å². The van der Waals surface area contributed by atoms with Crippen molar-refractivity contribution < 1.29 is 28.3 Å². The minimum atomic E-state index is -0.858. The first kappa shape index (κ1) is 25.6. The van der Waals surface area contributed by atoms with Gasteiger partial charge in [-0.2, -0.15) is 0 Å². The van der Waals surface area contributed by atoms with Gasteiger partial charge in [0, 0.05) is 38.0 Å². The molecule has 3 aromatic rings. The smallest absolute Gasteiger partial charge is 0.437 e. The van der Waals surface area contributed by atoms with E-state index in [4.69, 9.17) is 9.15 Å². The predicted molar refractivity (Wildman–Crippen MR) is 138 cm³/mol. The van der Waals surface area contributed by atoms with Crippen molar-refractivity contribution in [1.29, 1.82) is 0 Å². The fraction of sp³-hybridized carbons (Fsp3) is 0.259. The van der Waals surface area contributed by atoms with Crippen LogP contribution >= 0.6 is 0 Å². The fourth-order valence-corrected chi connectivity index (χ4v) is 3.88. The molecular formula is C27H28N4O6. The van der Waals surface area contributed by atoms with Crippen LogP contribution in [0.15, 0.2) is 70.1 Å². The topological polar surface area (TPSA) is 114 Å². The molecule has 2 aromatic carbocycles. The number of benzene rings is 2. The van der Waals surface area contributed by atoms with Gasteiger partial charge in [-0.3, -0.25) is 9.59 Å². The van der Waals surface area contributed by atoms with Gasteiger partial charge in [-0.05, 0) is 37.4 Å². The average Bonchev–Trinajstić information content (AvgIpc) is 3.49. The molecule has 10 heteroatoms. The van der Waals surface area contributed by atoms with E-state index in [2.05, 4.69) is 15.0 Å². The molecule has 0 bridgehead atoms. The number of amides is 2. The number of nitrogens with one attached hydrogen (secondary N) is 1. The van der Waals surface area contributed by atoms with Crippen molar-refractivity contribution in [3.63, 3.8) is 0 Å². The first-order chi connectivity index (χ1) is 17.8. The van der Waals surface area contributed by atoms with Crippen LogP contribution in [0.5, 0.6) is 5.75 Å². The zero-order chi connectivity index (χ0) is 26.5. The Labute approximate surface area is 214 Å². The normalized spacial score (nSPS) is 14.8. The molecule has 37 heavy (non-hydrogen) atoms. The van der Waals surface area contributed by atoms with Crippen LogP contribution in [-0.4, -0.2) is 74.8 Å². The van der Waals surface area contributed by atoms with Gasteiger partial charge in [-0.25, -0.2) is 9.79 Å². The second-order valence-electron chi connectivity index (χ2n) is 8.76. The van der Waals surface area contributed by atoms with Crippen molar-refractivity contribution in [2.24, 2.45) is 4.99 Å². The van der Waals surface area contributed by atoms with Gasteiger partial charge in [0.2, 0.25) is 11.8 Å². The molecule has 1 aliphatic rings. The van der Waals surface area contributed by atoms with E-state index in [0.29, 0.717) is 30.1 Å². The summed E-state index contributed by atoms with van der Waals surface area (Å²) in [5.74, 6) is -0.705. The lowest BCUT2D eigenvalue weighted by Crippen LogP contribution is -2.33. The Morgan fingerprint density at radius 1 is 1.03 bits per heavy atom. The number of anilines is 1. The quantitative estimate of drug-likeness (QED) is 0.281. The number of hydrogen-bond acceptors (Lipinski definition) is 8. The van der Waals surface area contributed by atoms with Crippen LogP contribution in [0.4, 0.5) is 16.4 Å². The highest BCUT2D eigenvalue weighted by Gasteiger charge is 2.36. The average molecular weight is 505 g/mol. The van der Waals surface area contributed by atoms with Gasteiger partial charge < -0.3 is 29.0 Å². The first-order valence-electron chi connectivity index (χ1n) is 11.6. The minimum absolute atomic E-state index is 0.160. The van der Waals surface area contributed by atoms with E-state index >= 15 is 0 Å². The number of hydrogen-bond donors (Lipinski definition) is 1. The van der Waals surface area contributed by atoms with Crippen LogP contribution in [-0.2, 0) is 9.53 Å². The van der Waals surface area contributed by atoms with E-state index in [1.54, 1.807) is 42.3 Å². The van der Waals surface area contributed by atoms with E-state index in [0.717, 1.165) is 5.56 Å². The Hall–Kier alpha value is -4.44. The summed E-state index contributed by atoms with van der Waals surface area (Å²) in [5.41, 5.74) is 2.33. The van der Waals surface area contributed by atoms with Gasteiger partial charge in [-0.15, -0.1) is 0 Å². The number of furan rings is 1. The first-order valence-corrected chi connectivity index (χ1v) is 11.6. The second kappa shape index (κ2) is 11.1. The molecule has 192 valence electrons. The molecular weight excluding hydrogens is 476 g/mol. The van der Waals surface area contributed by atoms with Crippen molar-refractivity contribution in [3.8, 4) is 5.75 Å². The second-order valence-corrected chi connectivity index (χ2v) is 8.76. The molecule has 0 aliphatic carbocycles. The van der Waals surface area contributed by atoms with E-state index < -0.39 is 12.1 Å². The summed E-state index contributed by atoms with van der Waals surface area (Å²) < 4.78 is 15.4. The van der Waals surface area contributed by atoms with Gasteiger partial charge in [0.1, 0.15) is 11.7 Å². The number of rotatable bonds is 8. The third-order valence-corrected chi connectivity index (χ3v) is 5.83. The Morgan fingerprint density at radius 3 is 2.49 bits per heavy atom. The zero-order valence-electron chi connectivity index (χ0n) is 21.1. The number of carbonyl (C=O) groups is 3.